The minimum atomic E-state index is -1.05. The summed E-state index contributed by atoms with van der Waals surface area (Å²) in [6.07, 6.45) is 1.21. The molecule has 3 aromatic carbocycles. The first kappa shape index (κ1) is 23.8. The molecule has 1 atom stereocenters. The Balaban J connectivity index is 1.45. The van der Waals surface area contributed by atoms with Crippen LogP contribution in [0.3, 0.4) is 0 Å². The fourth-order valence-corrected chi connectivity index (χ4v) is 4.47. The Kier molecular flexibility index (Phi) is 6.89. The van der Waals surface area contributed by atoms with Gasteiger partial charge in [-0.1, -0.05) is 60.1 Å². The molecule has 0 bridgehead atoms. The Morgan fingerprint density at radius 3 is 2.50 bits per heavy atom. The lowest BCUT2D eigenvalue weighted by Crippen LogP contribution is -2.36. The normalized spacial score (nSPS) is 16.6. The van der Waals surface area contributed by atoms with E-state index in [1.165, 1.54) is 11.0 Å². The number of halogens is 2. The second-order valence-electron chi connectivity index (χ2n) is 8.90. The van der Waals surface area contributed by atoms with Gasteiger partial charge < -0.3 is 14.7 Å². The summed E-state index contributed by atoms with van der Waals surface area (Å²) >= 11 is 5.79. The number of aliphatic carboxylic acids is 1. The maximum Gasteiger partial charge on any atom is 0.323 e. The van der Waals surface area contributed by atoms with Gasteiger partial charge in [0.2, 0.25) is 5.91 Å². The fourth-order valence-electron chi connectivity index (χ4n) is 4.35. The summed E-state index contributed by atoms with van der Waals surface area (Å²) in [4.78, 5) is 25.6. The Morgan fingerprint density at radius 1 is 1.06 bits per heavy atom. The second kappa shape index (κ2) is 9.85. The van der Waals surface area contributed by atoms with Crippen molar-refractivity contribution in [2.75, 3.05) is 6.54 Å². The Labute approximate surface area is 202 Å². The highest BCUT2D eigenvalue weighted by atomic mass is 35.5. The van der Waals surface area contributed by atoms with Crippen molar-refractivity contribution in [1.82, 2.24) is 4.90 Å². The predicted octanol–water partition coefficient (Wildman–Crippen LogP) is 5.07. The first-order valence-electron chi connectivity index (χ1n) is 11.0. The maximum absolute atomic E-state index is 13.9. The molecular formula is C27H25ClFNO4. The molecule has 0 radical (unpaired) electrons. The van der Waals surface area contributed by atoms with E-state index in [1.807, 2.05) is 55.5 Å². The summed E-state index contributed by atoms with van der Waals surface area (Å²) in [5.74, 6) is -1.04. The van der Waals surface area contributed by atoms with E-state index in [9.17, 15) is 19.1 Å². The van der Waals surface area contributed by atoms with Crippen LogP contribution in [-0.4, -0.2) is 34.0 Å². The summed E-state index contributed by atoms with van der Waals surface area (Å²) in [5.41, 5.74) is 2.87. The van der Waals surface area contributed by atoms with Gasteiger partial charge in [0, 0.05) is 19.4 Å². The van der Waals surface area contributed by atoms with E-state index in [1.54, 1.807) is 12.1 Å². The standard InChI is InChI=1S/C27H25ClFNO4/c1-27(14-20-7-9-22(28)23(29)12-20)15-21-11-19(8-10-24(21)34-27)13-25(31)30(17-26(32)33)16-18-5-3-2-4-6-18/h2-12H,13-17H2,1H3,(H,32,33). The van der Waals surface area contributed by atoms with Gasteiger partial charge in [0.25, 0.3) is 0 Å². The van der Waals surface area contributed by atoms with Crippen LogP contribution in [0, 0.1) is 5.82 Å². The zero-order valence-electron chi connectivity index (χ0n) is 18.8. The average molecular weight is 482 g/mol. The summed E-state index contributed by atoms with van der Waals surface area (Å²) in [6, 6.07) is 19.7. The van der Waals surface area contributed by atoms with Crippen molar-refractivity contribution in [1.29, 1.82) is 0 Å². The van der Waals surface area contributed by atoms with Gasteiger partial charge in [-0.2, -0.15) is 0 Å². The average Bonchev–Trinajstić information content (AvgIpc) is 3.11. The predicted molar refractivity (Wildman–Crippen MR) is 127 cm³/mol. The first-order chi connectivity index (χ1) is 16.2. The Bertz CT molecular complexity index is 1220. The highest BCUT2D eigenvalue weighted by Crippen LogP contribution is 2.38. The molecule has 0 saturated carbocycles. The van der Waals surface area contributed by atoms with Crippen molar-refractivity contribution in [2.45, 2.75) is 38.3 Å². The summed E-state index contributed by atoms with van der Waals surface area (Å²) in [5, 5.41) is 9.36. The molecule has 1 amide bonds. The largest absolute Gasteiger partial charge is 0.487 e. The number of fused-ring (bicyclic) bond motifs is 1. The topological polar surface area (TPSA) is 66.8 Å². The molecule has 0 aliphatic carbocycles. The molecule has 0 aromatic heterocycles. The zero-order valence-corrected chi connectivity index (χ0v) is 19.5. The quantitative estimate of drug-likeness (QED) is 0.487. The molecule has 0 fully saturated rings. The molecule has 176 valence electrons. The van der Waals surface area contributed by atoms with Crippen molar-refractivity contribution < 1.29 is 23.8 Å². The molecule has 5 nitrogen and oxygen atoms in total. The summed E-state index contributed by atoms with van der Waals surface area (Å²) < 4.78 is 20.0. The molecule has 1 unspecified atom stereocenters. The van der Waals surface area contributed by atoms with Crippen molar-refractivity contribution >= 4 is 23.5 Å². The van der Waals surface area contributed by atoms with E-state index in [2.05, 4.69) is 0 Å². The molecule has 1 N–H and O–H groups in total. The van der Waals surface area contributed by atoms with Crippen LogP contribution in [0.25, 0.3) is 0 Å². The summed E-state index contributed by atoms with van der Waals surface area (Å²) in [7, 11) is 0. The molecule has 0 spiro atoms. The lowest BCUT2D eigenvalue weighted by molar-refractivity contribution is -0.144. The molecule has 1 heterocycles. The van der Waals surface area contributed by atoms with E-state index in [0.717, 1.165) is 28.0 Å². The maximum atomic E-state index is 13.9. The molecule has 0 saturated heterocycles. The summed E-state index contributed by atoms with van der Waals surface area (Å²) in [6.45, 7) is 1.84. The first-order valence-corrected chi connectivity index (χ1v) is 11.4. The third-order valence-electron chi connectivity index (χ3n) is 5.86. The van der Waals surface area contributed by atoms with Crippen LogP contribution < -0.4 is 4.74 Å². The van der Waals surface area contributed by atoms with Gasteiger partial charge >= 0.3 is 5.97 Å². The number of carboxylic acids is 1. The van der Waals surface area contributed by atoms with Crippen LogP contribution in [0.5, 0.6) is 5.75 Å². The number of nitrogens with zero attached hydrogens (tertiary/aromatic N) is 1. The van der Waals surface area contributed by atoms with E-state index < -0.39 is 17.4 Å². The lowest BCUT2D eigenvalue weighted by atomic mass is 9.91. The Hall–Kier alpha value is -3.38. The molecule has 4 rings (SSSR count). The van der Waals surface area contributed by atoms with Crippen LogP contribution in [-0.2, 0) is 35.4 Å². The highest BCUT2D eigenvalue weighted by molar-refractivity contribution is 6.30. The number of hydrogen-bond donors (Lipinski definition) is 1. The molecule has 7 heteroatoms. The fraction of sp³-hybridized carbons (Fsp3) is 0.259. The minimum Gasteiger partial charge on any atom is -0.487 e. The monoisotopic (exact) mass is 481 g/mol. The minimum absolute atomic E-state index is 0.0862. The van der Waals surface area contributed by atoms with Crippen LogP contribution in [0.4, 0.5) is 4.39 Å². The molecular weight excluding hydrogens is 457 g/mol. The number of ether oxygens (including phenoxy) is 1. The van der Waals surface area contributed by atoms with Gasteiger partial charge in [0.15, 0.2) is 0 Å². The number of amides is 1. The van der Waals surface area contributed by atoms with E-state index >= 15 is 0 Å². The van der Waals surface area contributed by atoms with Gasteiger partial charge in [0.1, 0.15) is 23.7 Å². The zero-order chi connectivity index (χ0) is 24.3. The third kappa shape index (κ3) is 5.75. The highest BCUT2D eigenvalue weighted by Gasteiger charge is 2.35. The number of carboxylic acid groups (broad SMARTS) is 1. The molecule has 1 aliphatic rings. The number of carbonyl (C=O) groups excluding carboxylic acids is 1. The van der Waals surface area contributed by atoms with Crippen LogP contribution >= 0.6 is 11.6 Å². The molecule has 1 aliphatic heterocycles. The van der Waals surface area contributed by atoms with Crippen LogP contribution in [0.2, 0.25) is 5.02 Å². The van der Waals surface area contributed by atoms with Gasteiger partial charge in [-0.05, 0) is 47.4 Å². The SMILES string of the molecule is CC1(Cc2ccc(Cl)c(F)c2)Cc2cc(CC(=O)N(CC(=O)O)Cc3ccccc3)ccc2O1. The number of rotatable bonds is 8. The number of benzene rings is 3. The van der Waals surface area contributed by atoms with Crippen molar-refractivity contribution in [3.63, 3.8) is 0 Å². The van der Waals surface area contributed by atoms with Crippen molar-refractivity contribution in [3.8, 4) is 5.75 Å². The molecule has 34 heavy (non-hydrogen) atoms. The van der Waals surface area contributed by atoms with Gasteiger partial charge in [-0.25, -0.2) is 4.39 Å². The Morgan fingerprint density at radius 2 is 1.79 bits per heavy atom. The smallest absolute Gasteiger partial charge is 0.323 e. The van der Waals surface area contributed by atoms with E-state index in [4.69, 9.17) is 16.3 Å². The number of carbonyl (C=O) groups is 2. The van der Waals surface area contributed by atoms with Gasteiger partial charge in [0.05, 0.1) is 11.4 Å². The van der Waals surface area contributed by atoms with Gasteiger partial charge in [-0.3, -0.25) is 9.59 Å². The second-order valence-corrected chi connectivity index (χ2v) is 9.31. The third-order valence-corrected chi connectivity index (χ3v) is 6.16. The van der Waals surface area contributed by atoms with Crippen LogP contribution in [0.15, 0.2) is 66.7 Å². The van der Waals surface area contributed by atoms with Crippen molar-refractivity contribution in [2.24, 2.45) is 0 Å². The van der Waals surface area contributed by atoms with E-state index in [0.29, 0.717) is 12.8 Å². The van der Waals surface area contributed by atoms with Gasteiger partial charge in [-0.15, -0.1) is 0 Å². The van der Waals surface area contributed by atoms with E-state index in [-0.39, 0.29) is 30.4 Å². The molecule has 3 aromatic rings. The van der Waals surface area contributed by atoms with Crippen LogP contribution in [0.1, 0.15) is 29.2 Å². The lowest BCUT2D eigenvalue weighted by Gasteiger charge is -2.24. The number of hydrogen-bond acceptors (Lipinski definition) is 3. The van der Waals surface area contributed by atoms with Crippen molar-refractivity contribution in [3.05, 3.63) is 99.8 Å².